The normalized spacial score (nSPS) is 20.9. The van der Waals surface area contributed by atoms with E-state index >= 15 is 0 Å². The number of carbonyl (C=O) groups is 2. The second-order valence-electron chi connectivity index (χ2n) is 9.62. The molecule has 2 aliphatic rings. The maximum Gasteiger partial charge on any atom is 0.328 e. The number of nitro benzene ring substituents is 1. The van der Waals surface area contributed by atoms with Gasteiger partial charge in [-0.2, -0.15) is 4.37 Å². The smallest absolute Gasteiger partial charge is 0.328 e. The lowest BCUT2D eigenvalue weighted by atomic mass is 9.91. The van der Waals surface area contributed by atoms with Crippen molar-refractivity contribution in [3.05, 3.63) is 56.8 Å². The van der Waals surface area contributed by atoms with Crippen molar-refractivity contribution in [1.29, 1.82) is 0 Å². The van der Waals surface area contributed by atoms with Crippen LogP contribution >= 0.6 is 11.5 Å². The molecule has 4 rings (SSSR count). The molecule has 0 spiro atoms. The van der Waals surface area contributed by atoms with Crippen LogP contribution in [0.3, 0.4) is 0 Å². The lowest BCUT2D eigenvalue weighted by Gasteiger charge is -2.51. The monoisotopic (exact) mass is 575 g/mol. The number of fused-ring (bicyclic) bond motifs is 1. The van der Waals surface area contributed by atoms with Crippen LogP contribution in [0.2, 0.25) is 0 Å². The van der Waals surface area contributed by atoms with E-state index in [0.29, 0.717) is 24.4 Å². The molecule has 14 heteroatoms. The number of urea groups is 1. The Labute approximate surface area is 236 Å². The van der Waals surface area contributed by atoms with E-state index in [0.717, 1.165) is 11.5 Å². The van der Waals surface area contributed by atoms with Gasteiger partial charge < -0.3 is 5.11 Å². The number of aliphatic hydroxyl groups excluding tert-OH is 1. The summed E-state index contributed by atoms with van der Waals surface area (Å²) in [4.78, 5) is 46.9. The molecular formula is C26H34FN7O5S. The van der Waals surface area contributed by atoms with Gasteiger partial charge in [-0.3, -0.25) is 29.7 Å². The van der Waals surface area contributed by atoms with Gasteiger partial charge in [0.2, 0.25) is 0 Å². The number of amidine groups is 1. The van der Waals surface area contributed by atoms with Crippen LogP contribution in [-0.4, -0.2) is 96.5 Å². The molecule has 1 saturated heterocycles. The molecule has 0 radical (unpaired) electrons. The number of carbonyl (C=O) groups excluding carboxylic acids is 2. The first kappa shape index (κ1) is 29.5. The Kier molecular flexibility index (Phi) is 9.11. The van der Waals surface area contributed by atoms with Crippen LogP contribution in [0.1, 0.15) is 44.9 Å². The highest BCUT2D eigenvalue weighted by Gasteiger charge is 2.63. The molecule has 1 aromatic heterocycles. The van der Waals surface area contributed by atoms with Crippen molar-refractivity contribution in [3.63, 3.8) is 0 Å². The SMILES string of the molecule is CCCN1C(=O)C2N(N(CC)CCO)C(Cc3nscc3F)=NC2(CC)N(CCc2ccccc2[N+](=O)[O-])C1=O. The van der Waals surface area contributed by atoms with Gasteiger partial charge >= 0.3 is 6.03 Å². The van der Waals surface area contributed by atoms with E-state index in [9.17, 15) is 29.2 Å². The number of para-hydroxylation sites is 1. The number of imide groups is 1. The van der Waals surface area contributed by atoms with E-state index in [2.05, 4.69) is 4.37 Å². The Balaban J connectivity index is 1.83. The summed E-state index contributed by atoms with van der Waals surface area (Å²) in [6.07, 6.45) is 0.962. The number of aliphatic hydroxyl groups is 1. The maximum absolute atomic E-state index is 14.5. The third kappa shape index (κ3) is 5.18. The quantitative estimate of drug-likeness (QED) is 0.284. The number of benzene rings is 1. The number of amides is 3. The number of halogens is 1. The Hall–Kier alpha value is -3.49. The highest BCUT2D eigenvalue weighted by molar-refractivity contribution is 7.03. The predicted molar refractivity (Wildman–Crippen MR) is 147 cm³/mol. The van der Waals surface area contributed by atoms with Crippen LogP contribution in [0, 0.1) is 15.9 Å². The standard InChI is InChI=1S/C26H34FN7O5S/c1-4-12-31-24(36)23-26(5-2,32(25(31)37)13-11-18-9-7-8-10-21(18)34(38)39)28-22(16-20-19(27)17-40-29-20)33(23)30(6-3)14-15-35/h7-10,17,23,35H,4-6,11-16H2,1-3H3. The fourth-order valence-corrected chi connectivity index (χ4v) is 6.11. The average molecular weight is 576 g/mol. The summed E-state index contributed by atoms with van der Waals surface area (Å²) in [6, 6.07) is 4.88. The molecule has 3 heterocycles. The molecule has 216 valence electrons. The number of hydrogen-bond acceptors (Lipinski definition) is 10. The first-order valence-electron chi connectivity index (χ1n) is 13.4. The number of nitrogens with zero attached hydrogens (tertiary/aromatic N) is 7. The molecule has 2 aliphatic heterocycles. The summed E-state index contributed by atoms with van der Waals surface area (Å²) in [7, 11) is 0. The van der Waals surface area contributed by atoms with Crippen molar-refractivity contribution in [2.75, 3.05) is 32.8 Å². The highest BCUT2D eigenvalue weighted by Crippen LogP contribution is 2.42. The van der Waals surface area contributed by atoms with Crippen LogP contribution in [0.25, 0.3) is 0 Å². The minimum absolute atomic E-state index is 0.0112. The van der Waals surface area contributed by atoms with Gasteiger partial charge in [0, 0.05) is 43.2 Å². The van der Waals surface area contributed by atoms with Crippen LogP contribution in [-0.2, 0) is 17.6 Å². The molecule has 0 saturated carbocycles. The third-order valence-electron chi connectivity index (χ3n) is 7.41. The number of aliphatic imine (C=N–C) groups is 1. The van der Waals surface area contributed by atoms with Crippen molar-refractivity contribution >= 4 is 35.0 Å². The first-order chi connectivity index (χ1) is 19.2. The summed E-state index contributed by atoms with van der Waals surface area (Å²) < 4.78 is 18.7. The van der Waals surface area contributed by atoms with E-state index in [4.69, 9.17) is 4.99 Å². The first-order valence-corrected chi connectivity index (χ1v) is 14.2. The van der Waals surface area contributed by atoms with E-state index < -0.39 is 34.4 Å². The second kappa shape index (κ2) is 12.4. The molecule has 1 aromatic carbocycles. The zero-order chi connectivity index (χ0) is 29.0. The van der Waals surface area contributed by atoms with E-state index in [1.807, 2.05) is 20.8 Å². The third-order valence-corrected chi connectivity index (χ3v) is 8.05. The number of rotatable bonds is 13. The van der Waals surface area contributed by atoms with Gasteiger partial charge in [-0.15, -0.1) is 0 Å². The number of hydrogen-bond donors (Lipinski definition) is 1. The van der Waals surface area contributed by atoms with Crippen LogP contribution in [0.4, 0.5) is 14.9 Å². The number of likely N-dealkylation sites (N-methyl/N-ethyl adjacent to an activating group) is 1. The molecular weight excluding hydrogens is 541 g/mol. The number of aromatic nitrogens is 1. The number of hydrazine groups is 1. The van der Waals surface area contributed by atoms with Gasteiger partial charge in [0.1, 0.15) is 5.84 Å². The maximum atomic E-state index is 14.5. The van der Waals surface area contributed by atoms with E-state index in [-0.39, 0.29) is 56.9 Å². The van der Waals surface area contributed by atoms with E-state index in [1.165, 1.54) is 21.2 Å². The molecule has 12 nitrogen and oxygen atoms in total. The lowest BCUT2D eigenvalue weighted by molar-refractivity contribution is -0.385. The Bertz CT molecular complexity index is 1290. The fourth-order valence-electron chi connectivity index (χ4n) is 5.55. The van der Waals surface area contributed by atoms with Gasteiger partial charge in [0.25, 0.3) is 11.6 Å². The minimum Gasteiger partial charge on any atom is -0.395 e. The van der Waals surface area contributed by atoms with Gasteiger partial charge in [0.05, 0.1) is 23.6 Å². The van der Waals surface area contributed by atoms with Crippen LogP contribution in [0.5, 0.6) is 0 Å². The van der Waals surface area contributed by atoms with Gasteiger partial charge in [-0.25, -0.2) is 19.2 Å². The summed E-state index contributed by atoms with van der Waals surface area (Å²) in [5, 5.41) is 26.2. The molecule has 3 amide bonds. The van der Waals surface area contributed by atoms with Crippen molar-refractivity contribution in [1.82, 2.24) is 24.2 Å². The molecule has 1 N–H and O–H groups in total. The van der Waals surface area contributed by atoms with Gasteiger partial charge in [-0.1, -0.05) is 39.0 Å². The molecule has 0 bridgehead atoms. The van der Waals surface area contributed by atoms with Crippen molar-refractivity contribution < 1.29 is 24.0 Å². The molecule has 1 fully saturated rings. The molecule has 2 aromatic rings. The zero-order valence-electron chi connectivity index (χ0n) is 22.8. The Morgan fingerprint density at radius 1 is 1.23 bits per heavy atom. The van der Waals surface area contributed by atoms with Gasteiger partial charge in [0.15, 0.2) is 17.5 Å². The fraction of sp³-hybridized carbons (Fsp3) is 0.538. The van der Waals surface area contributed by atoms with E-state index in [1.54, 1.807) is 28.2 Å². The minimum atomic E-state index is -1.34. The Morgan fingerprint density at radius 2 is 1.98 bits per heavy atom. The predicted octanol–water partition coefficient (Wildman–Crippen LogP) is 3.07. The summed E-state index contributed by atoms with van der Waals surface area (Å²) >= 11 is 0.977. The summed E-state index contributed by atoms with van der Waals surface area (Å²) in [5.74, 6) is -0.548. The zero-order valence-corrected chi connectivity index (χ0v) is 23.6. The molecule has 2 atom stereocenters. The lowest BCUT2D eigenvalue weighted by Crippen LogP contribution is -2.74. The molecule has 2 unspecified atom stereocenters. The van der Waals surface area contributed by atoms with Crippen LogP contribution in [0.15, 0.2) is 34.6 Å². The number of nitro groups is 1. The molecule has 40 heavy (non-hydrogen) atoms. The summed E-state index contributed by atoms with van der Waals surface area (Å²) in [5.41, 5.74) is -0.755. The average Bonchev–Trinajstić information content (AvgIpc) is 3.50. The largest absolute Gasteiger partial charge is 0.395 e. The highest BCUT2D eigenvalue weighted by atomic mass is 32.1. The molecule has 0 aliphatic carbocycles. The van der Waals surface area contributed by atoms with Crippen molar-refractivity contribution in [2.45, 2.75) is 58.2 Å². The van der Waals surface area contributed by atoms with Crippen molar-refractivity contribution in [3.8, 4) is 0 Å². The van der Waals surface area contributed by atoms with Crippen molar-refractivity contribution in [2.24, 2.45) is 4.99 Å². The second-order valence-corrected chi connectivity index (χ2v) is 10.3. The Morgan fingerprint density at radius 3 is 2.58 bits per heavy atom. The van der Waals surface area contributed by atoms with Crippen LogP contribution < -0.4 is 0 Å². The topological polar surface area (TPSA) is 136 Å². The van der Waals surface area contributed by atoms with Gasteiger partial charge in [-0.05, 0) is 30.8 Å². The summed E-state index contributed by atoms with van der Waals surface area (Å²) in [6.45, 7) is 6.24.